The third-order valence-corrected chi connectivity index (χ3v) is 4.65. The first-order valence-electron chi connectivity index (χ1n) is 7.19. The van der Waals surface area contributed by atoms with E-state index in [0.29, 0.717) is 0 Å². The summed E-state index contributed by atoms with van der Waals surface area (Å²) in [7, 11) is 0. The van der Waals surface area contributed by atoms with Crippen molar-refractivity contribution in [3.8, 4) is 0 Å². The average molecular weight is 275 g/mol. The van der Waals surface area contributed by atoms with Crippen molar-refractivity contribution < 1.29 is 0 Å². The van der Waals surface area contributed by atoms with Crippen LogP contribution in [-0.4, -0.2) is 35.5 Å². The molecule has 0 N–H and O–H groups in total. The van der Waals surface area contributed by atoms with Gasteiger partial charge < -0.3 is 4.90 Å². The van der Waals surface area contributed by atoms with Crippen molar-refractivity contribution in [3.63, 3.8) is 0 Å². The summed E-state index contributed by atoms with van der Waals surface area (Å²) in [4.78, 5) is 7.26. The molecule has 0 aromatic carbocycles. The smallest absolute Gasteiger partial charge is 0.128 e. The van der Waals surface area contributed by atoms with E-state index in [1.165, 1.54) is 43.9 Å². The summed E-state index contributed by atoms with van der Waals surface area (Å²) in [5.41, 5.74) is 1.22. The largest absolute Gasteiger partial charge is 0.357 e. The van der Waals surface area contributed by atoms with Gasteiger partial charge in [0.2, 0.25) is 0 Å². The second kappa shape index (κ2) is 6.44. The van der Waals surface area contributed by atoms with Crippen LogP contribution < -0.4 is 4.90 Å². The van der Waals surface area contributed by atoms with E-state index in [4.69, 9.17) is 4.98 Å². The molecule has 0 bridgehead atoms. The Kier molecular flexibility index (Phi) is 4.41. The Bertz CT molecular complexity index is 433. The Balaban J connectivity index is 1.58. The first kappa shape index (κ1) is 13.0. The molecule has 3 nitrogen and oxygen atoms in total. The van der Waals surface area contributed by atoms with Gasteiger partial charge in [0.15, 0.2) is 0 Å². The molecular formula is C15H21N3S. The van der Waals surface area contributed by atoms with Crippen LogP contribution in [0.2, 0.25) is 0 Å². The van der Waals surface area contributed by atoms with Crippen LogP contribution in [0.4, 0.5) is 5.82 Å². The van der Waals surface area contributed by atoms with Gasteiger partial charge in [0.05, 0.1) is 0 Å². The van der Waals surface area contributed by atoms with Crippen molar-refractivity contribution in [3.05, 3.63) is 35.4 Å². The molecule has 1 aromatic rings. The van der Waals surface area contributed by atoms with Crippen molar-refractivity contribution >= 4 is 17.8 Å². The van der Waals surface area contributed by atoms with Gasteiger partial charge in [-0.1, -0.05) is 24.1 Å². The molecule has 0 radical (unpaired) electrons. The maximum atomic E-state index is 4.83. The molecule has 3 heterocycles. The topological polar surface area (TPSA) is 19.4 Å². The highest BCUT2D eigenvalue weighted by Gasteiger charge is 2.13. The van der Waals surface area contributed by atoms with Gasteiger partial charge in [-0.15, -0.1) is 0 Å². The molecule has 1 aromatic heterocycles. The third-order valence-electron chi connectivity index (χ3n) is 3.70. The molecule has 2 aliphatic rings. The Morgan fingerprint density at radius 1 is 1.16 bits per heavy atom. The molecule has 0 unspecified atom stereocenters. The van der Waals surface area contributed by atoms with Gasteiger partial charge in [-0.05, 0) is 36.8 Å². The molecule has 4 heteroatoms. The van der Waals surface area contributed by atoms with Gasteiger partial charge in [-0.2, -0.15) is 0 Å². The molecule has 102 valence electrons. The molecule has 0 atom stereocenters. The van der Waals surface area contributed by atoms with Crippen LogP contribution in [-0.2, 0) is 6.42 Å². The Morgan fingerprint density at radius 2 is 2.05 bits per heavy atom. The highest BCUT2D eigenvalue weighted by molar-refractivity contribution is 8.00. The summed E-state index contributed by atoms with van der Waals surface area (Å²) < 4.78 is 2.37. The fourth-order valence-corrected chi connectivity index (χ4v) is 3.33. The van der Waals surface area contributed by atoms with Crippen LogP contribution in [0.5, 0.6) is 0 Å². The molecule has 3 rings (SSSR count). The fraction of sp³-hybridized carbons (Fsp3) is 0.533. The Labute approximate surface area is 119 Å². The van der Waals surface area contributed by atoms with Crippen LogP contribution >= 0.6 is 11.9 Å². The quantitative estimate of drug-likeness (QED) is 0.786. The van der Waals surface area contributed by atoms with Gasteiger partial charge in [-0.25, -0.2) is 9.29 Å². The molecule has 0 saturated carbocycles. The van der Waals surface area contributed by atoms with Gasteiger partial charge in [0.1, 0.15) is 5.82 Å². The SMILES string of the molecule is C1=CSN(CCc2cccc(N3CCCCC3)n2)C1. The Morgan fingerprint density at radius 3 is 2.84 bits per heavy atom. The molecule has 2 aliphatic heterocycles. The minimum atomic E-state index is 1.04. The molecule has 1 saturated heterocycles. The number of anilines is 1. The second-order valence-electron chi connectivity index (χ2n) is 5.15. The molecule has 1 fully saturated rings. The number of hydrogen-bond acceptors (Lipinski definition) is 4. The molecule has 19 heavy (non-hydrogen) atoms. The van der Waals surface area contributed by atoms with E-state index in [-0.39, 0.29) is 0 Å². The highest BCUT2D eigenvalue weighted by atomic mass is 32.2. The average Bonchev–Trinajstić information content (AvgIpc) is 3.00. The van der Waals surface area contributed by atoms with Crippen molar-refractivity contribution in [1.29, 1.82) is 0 Å². The normalized spacial score (nSPS) is 20.1. The predicted molar refractivity (Wildman–Crippen MR) is 82.3 cm³/mol. The first-order valence-corrected chi connectivity index (χ1v) is 8.03. The van der Waals surface area contributed by atoms with E-state index in [2.05, 4.69) is 38.9 Å². The lowest BCUT2D eigenvalue weighted by molar-refractivity contribution is 0.528. The maximum absolute atomic E-state index is 4.83. The van der Waals surface area contributed by atoms with Crippen LogP contribution in [0, 0.1) is 0 Å². The molecule has 0 aliphatic carbocycles. The van der Waals surface area contributed by atoms with E-state index in [9.17, 15) is 0 Å². The van der Waals surface area contributed by atoms with Crippen LogP contribution in [0.15, 0.2) is 29.7 Å². The van der Waals surface area contributed by atoms with Crippen molar-refractivity contribution in [1.82, 2.24) is 9.29 Å². The zero-order chi connectivity index (χ0) is 12.9. The predicted octanol–water partition coefficient (Wildman–Crippen LogP) is 3.09. The van der Waals surface area contributed by atoms with Gasteiger partial charge in [0.25, 0.3) is 0 Å². The van der Waals surface area contributed by atoms with Crippen molar-refractivity contribution in [2.75, 3.05) is 31.1 Å². The molecular weight excluding hydrogens is 254 g/mol. The monoisotopic (exact) mass is 275 g/mol. The maximum Gasteiger partial charge on any atom is 0.128 e. The van der Waals surface area contributed by atoms with Crippen LogP contribution in [0.1, 0.15) is 25.0 Å². The Hall–Kier alpha value is -1.00. The number of rotatable bonds is 4. The van der Waals surface area contributed by atoms with E-state index in [1.807, 2.05) is 11.9 Å². The van der Waals surface area contributed by atoms with Crippen molar-refractivity contribution in [2.24, 2.45) is 0 Å². The van der Waals surface area contributed by atoms with Crippen molar-refractivity contribution in [2.45, 2.75) is 25.7 Å². The lowest BCUT2D eigenvalue weighted by Crippen LogP contribution is -2.30. The first-order chi connectivity index (χ1) is 9.42. The minimum Gasteiger partial charge on any atom is -0.357 e. The van der Waals surface area contributed by atoms with Gasteiger partial charge in [0, 0.05) is 38.3 Å². The summed E-state index contributed by atoms with van der Waals surface area (Å²) in [5, 5.41) is 2.16. The summed E-state index contributed by atoms with van der Waals surface area (Å²) in [6.07, 6.45) is 7.23. The lowest BCUT2D eigenvalue weighted by atomic mass is 10.1. The minimum absolute atomic E-state index is 1.04. The zero-order valence-electron chi connectivity index (χ0n) is 11.3. The second-order valence-corrected chi connectivity index (χ2v) is 6.15. The van der Waals surface area contributed by atoms with Crippen LogP contribution in [0.3, 0.4) is 0 Å². The fourth-order valence-electron chi connectivity index (χ4n) is 2.62. The lowest BCUT2D eigenvalue weighted by Gasteiger charge is -2.28. The van der Waals surface area contributed by atoms with Crippen LogP contribution in [0.25, 0.3) is 0 Å². The van der Waals surface area contributed by atoms with E-state index < -0.39 is 0 Å². The number of aromatic nitrogens is 1. The van der Waals surface area contributed by atoms with E-state index in [0.717, 1.165) is 19.5 Å². The number of pyridine rings is 1. The van der Waals surface area contributed by atoms with Gasteiger partial charge in [-0.3, -0.25) is 0 Å². The van der Waals surface area contributed by atoms with Gasteiger partial charge >= 0.3 is 0 Å². The van der Waals surface area contributed by atoms with E-state index in [1.54, 1.807) is 0 Å². The van der Waals surface area contributed by atoms with E-state index >= 15 is 0 Å². The number of nitrogens with zero attached hydrogens (tertiary/aromatic N) is 3. The summed E-state index contributed by atoms with van der Waals surface area (Å²) in [6.45, 7) is 4.48. The standard InChI is InChI=1S/C15H21N3S/c1-2-9-17(10-3-1)15-7-4-6-14(16-15)8-12-18-11-5-13-19-18/h4-7,13H,1-3,8-12H2. The number of hydrogen-bond donors (Lipinski definition) is 0. The molecule has 0 spiro atoms. The third kappa shape index (κ3) is 3.51. The number of piperidine rings is 1. The summed E-state index contributed by atoms with van der Waals surface area (Å²) >= 11 is 1.81. The summed E-state index contributed by atoms with van der Waals surface area (Å²) in [5.74, 6) is 1.17. The summed E-state index contributed by atoms with van der Waals surface area (Å²) in [6, 6.07) is 6.46. The molecule has 0 amide bonds. The zero-order valence-corrected chi connectivity index (χ0v) is 12.1. The highest BCUT2D eigenvalue weighted by Crippen LogP contribution is 2.20.